The molecule has 0 unspecified atom stereocenters. The molecule has 4 aromatic rings. The number of para-hydroxylation sites is 1. The Morgan fingerprint density at radius 1 is 1.00 bits per heavy atom. The summed E-state index contributed by atoms with van der Waals surface area (Å²) in [7, 11) is 0. The molecule has 5 heteroatoms. The van der Waals surface area contributed by atoms with Crippen LogP contribution in [0.5, 0.6) is 5.75 Å². The third-order valence-corrected chi connectivity index (χ3v) is 5.21. The molecule has 1 heterocycles. The van der Waals surface area contributed by atoms with E-state index in [2.05, 4.69) is 15.9 Å². The molecule has 28 heavy (non-hydrogen) atoms. The lowest BCUT2D eigenvalue weighted by atomic mass is 10.0. The zero-order chi connectivity index (χ0) is 19.7. The number of fused-ring (bicyclic) bond motifs is 1. The standard InChI is InChI=1S/C23H15BrClNO2/c1-14-3-2-4-19-20(23(27)28-18-11-9-17(25)10-12-18)13-21(26-22(14)19)15-5-7-16(24)8-6-15/h2-13H,1H3. The normalized spacial score (nSPS) is 10.8. The highest BCUT2D eigenvalue weighted by Crippen LogP contribution is 2.28. The molecule has 4 rings (SSSR count). The maximum atomic E-state index is 13.0. The fraction of sp³-hybridized carbons (Fsp3) is 0.0435. The number of pyridine rings is 1. The lowest BCUT2D eigenvalue weighted by Gasteiger charge is -2.11. The van der Waals surface area contributed by atoms with E-state index in [9.17, 15) is 4.79 Å². The van der Waals surface area contributed by atoms with Crippen molar-refractivity contribution in [2.45, 2.75) is 6.92 Å². The van der Waals surface area contributed by atoms with Crippen molar-refractivity contribution in [2.75, 3.05) is 0 Å². The Labute approximate surface area is 176 Å². The minimum Gasteiger partial charge on any atom is -0.423 e. The fourth-order valence-electron chi connectivity index (χ4n) is 2.99. The van der Waals surface area contributed by atoms with Gasteiger partial charge in [-0.2, -0.15) is 0 Å². The molecular formula is C23H15BrClNO2. The highest BCUT2D eigenvalue weighted by molar-refractivity contribution is 9.10. The first kappa shape index (κ1) is 18.7. The van der Waals surface area contributed by atoms with Gasteiger partial charge >= 0.3 is 5.97 Å². The first-order valence-electron chi connectivity index (χ1n) is 8.65. The summed E-state index contributed by atoms with van der Waals surface area (Å²) in [4.78, 5) is 17.8. The minimum atomic E-state index is -0.432. The number of rotatable bonds is 3. The van der Waals surface area contributed by atoms with Crippen LogP contribution in [-0.2, 0) is 0 Å². The van der Waals surface area contributed by atoms with E-state index in [0.717, 1.165) is 32.2 Å². The zero-order valence-electron chi connectivity index (χ0n) is 14.9. The summed E-state index contributed by atoms with van der Waals surface area (Å²) in [5, 5.41) is 1.35. The Morgan fingerprint density at radius 2 is 1.71 bits per heavy atom. The molecule has 138 valence electrons. The van der Waals surface area contributed by atoms with Gasteiger partial charge in [-0.05, 0) is 55.0 Å². The third kappa shape index (κ3) is 3.79. The second kappa shape index (κ2) is 7.74. The van der Waals surface area contributed by atoms with Crippen LogP contribution in [-0.4, -0.2) is 11.0 Å². The molecule has 1 aromatic heterocycles. The summed E-state index contributed by atoms with van der Waals surface area (Å²) < 4.78 is 6.56. The molecule has 0 fully saturated rings. The molecule has 3 aromatic carbocycles. The SMILES string of the molecule is Cc1cccc2c(C(=O)Oc3ccc(Cl)cc3)cc(-c3ccc(Br)cc3)nc12. The van der Waals surface area contributed by atoms with Crippen molar-refractivity contribution in [3.8, 4) is 17.0 Å². The van der Waals surface area contributed by atoms with Crippen LogP contribution in [0.25, 0.3) is 22.2 Å². The van der Waals surface area contributed by atoms with E-state index in [1.54, 1.807) is 30.3 Å². The average molecular weight is 453 g/mol. The summed E-state index contributed by atoms with van der Waals surface area (Å²) in [6.07, 6.45) is 0. The lowest BCUT2D eigenvalue weighted by Crippen LogP contribution is -2.10. The molecular weight excluding hydrogens is 438 g/mol. The molecule has 0 atom stereocenters. The second-order valence-electron chi connectivity index (χ2n) is 6.38. The van der Waals surface area contributed by atoms with Gasteiger partial charge in [0.15, 0.2) is 0 Å². The number of esters is 1. The van der Waals surface area contributed by atoms with Gasteiger partial charge < -0.3 is 4.74 Å². The average Bonchev–Trinajstić information content (AvgIpc) is 2.70. The molecule has 0 aliphatic heterocycles. The summed E-state index contributed by atoms with van der Waals surface area (Å²) in [5.74, 6) is 0.0101. The van der Waals surface area contributed by atoms with Gasteiger partial charge in [0.1, 0.15) is 5.75 Å². The summed E-state index contributed by atoms with van der Waals surface area (Å²) in [6, 6.07) is 22.1. The predicted molar refractivity (Wildman–Crippen MR) is 116 cm³/mol. The first-order valence-corrected chi connectivity index (χ1v) is 9.82. The molecule has 0 aliphatic carbocycles. The van der Waals surface area contributed by atoms with Crippen molar-refractivity contribution in [1.82, 2.24) is 4.98 Å². The Hall–Kier alpha value is -2.69. The number of benzene rings is 3. The smallest absolute Gasteiger partial charge is 0.344 e. The van der Waals surface area contributed by atoms with Crippen molar-refractivity contribution >= 4 is 44.4 Å². The van der Waals surface area contributed by atoms with Crippen LogP contribution in [0.1, 0.15) is 15.9 Å². The van der Waals surface area contributed by atoms with Crippen LogP contribution in [0, 0.1) is 6.92 Å². The Kier molecular flexibility index (Phi) is 5.16. The number of nitrogens with zero attached hydrogens (tertiary/aromatic N) is 1. The van der Waals surface area contributed by atoms with Gasteiger partial charge in [0, 0.05) is 20.4 Å². The number of carbonyl (C=O) groups is 1. The molecule has 0 radical (unpaired) electrons. The first-order chi connectivity index (χ1) is 13.5. The van der Waals surface area contributed by atoms with Crippen LogP contribution < -0.4 is 4.74 Å². The van der Waals surface area contributed by atoms with Crippen LogP contribution in [0.4, 0.5) is 0 Å². The number of hydrogen-bond donors (Lipinski definition) is 0. The Bertz CT molecular complexity index is 1170. The number of halogens is 2. The summed E-state index contributed by atoms with van der Waals surface area (Å²) in [5.41, 5.74) is 3.90. The van der Waals surface area contributed by atoms with E-state index >= 15 is 0 Å². The summed E-state index contributed by atoms with van der Waals surface area (Å²) >= 11 is 9.35. The maximum Gasteiger partial charge on any atom is 0.344 e. The highest BCUT2D eigenvalue weighted by Gasteiger charge is 2.17. The monoisotopic (exact) mass is 451 g/mol. The largest absolute Gasteiger partial charge is 0.423 e. The van der Waals surface area contributed by atoms with E-state index in [1.165, 1.54) is 0 Å². The molecule has 0 spiro atoms. The van der Waals surface area contributed by atoms with Crippen molar-refractivity contribution in [2.24, 2.45) is 0 Å². The summed E-state index contributed by atoms with van der Waals surface area (Å²) in [6.45, 7) is 1.98. The highest BCUT2D eigenvalue weighted by atomic mass is 79.9. The minimum absolute atomic E-state index is 0.432. The second-order valence-corrected chi connectivity index (χ2v) is 7.73. The predicted octanol–water partition coefficient (Wildman–Crippen LogP) is 6.85. The maximum absolute atomic E-state index is 13.0. The number of aromatic nitrogens is 1. The Balaban J connectivity index is 1.83. The topological polar surface area (TPSA) is 39.2 Å². The molecule has 3 nitrogen and oxygen atoms in total. The molecule has 0 saturated heterocycles. The molecule has 0 amide bonds. The molecule has 0 saturated carbocycles. The van der Waals surface area contributed by atoms with Crippen LogP contribution >= 0.6 is 27.5 Å². The number of aryl methyl sites for hydroxylation is 1. The lowest BCUT2D eigenvalue weighted by molar-refractivity contribution is 0.0737. The number of hydrogen-bond acceptors (Lipinski definition) is 3. The quantitative estimate of drug-likeness (QED) is 0.252. The van der Waals surface area contributed by atoms with Crippen LogP contribution in [0.2, 0.25) is 5.02 Å². The van der Waals surface area contributed by atoms with Crippen molar-refractivity contribution in [1.29, 1.82) is 0 Å². The Morgan fingerprint density at radius 3 is 2.43 bits per heavy atom. The zero-order valence-corrected chi connectivity index (χ0v) is 17.3. The van der Waals surface area contributed by atoms with Gasteiger partial charge in [-0.3, -0.25) is 0 Å². The molecule has 0 aliphatic rings. The van der Waals surface area contributed by atoms with E-state index in [0.29, 0.717) is 16.3 Å². The van der Waals surface area contributed by atoms with Gasteiger partial charge in [0.05, 0.1) is 16.8 Å². The van der Waals surface area contributed by atoms with Gasteiger partial charge in [-0.25, -0.2) is 9.78 Å². The van der Waals surface area contributed by atoms with Crippen molar-refractivity contribution in [3.05, 3.63) is 93.4 Å². The van der Waals surface area contributed by atoms with Crippen molar-refractivity contribution in [3.63, 3.8) is 0 Å². The van der Waals surface area contributed by atoms with Crippen molar-refractivity contribution < 1.29 is 9.53 Å². The fourth-order valence-corrected chi connectivity index (χ4v) is 3.38. The molecule has 0 N–H and O–H groups in total. The van der Waals surface area contributed by atoms with Gasteiger partial charge in [0.2, 0.25) is 0 Å². The van der Waals surface area contributed by atoms with Gasteiger partial charge in [-0.15, -0.1) is 0 Å². The molecule has 0 bridgehead atoms. The van der Waals surface area contributed by atoms with E-state index in [1.807, 2.05) is 49.4 Å². The van der Waals surface area contributed by atoms with E-state index in [4.69, 9.17) is 21.3 Å². The number of ether oxygens (including phenoxy) is 1. The number of carbonyl (C=O) groups excluding carboxylic acids is 1. The van der Waals surface area contributed by atoms with Gasteiger partial charge in [0.25, 0.3) is 0 Å². The van der Waals surface area contributed by atoms with E-state index in [-0.39, 0.29) is 0 Å². The van der Waals surface area contributed by atoms with Crippen LogP contribution in [0.15, 0.2) is 77.3 Å². The van der Waals surface area contributed by atoms with Crippen LogP contribution in [0.3, 0.4) is 0 Å². The third-order valence-electron chi connectivity index (χ3n) is 4.43. The van der Waals surface area contributed by atoms with Gasteiger partial charge in [-0.1, -0.05) is 57.9 Å². The van der Waals surface area contributed by atoms with E-state index < -0.39 is 5.97 Å².